The fraction of sp³-hybridized carbons (Fsp3) is 0.250. The summed E-state index contributed by atoms with van der Waals surface area (Å²) in [5, 5.41) is 0. The number of aromatic nitrogens is 1. The summed E-state index contributed by atoms with van der Waals surface area (Å²) in [4.78, 5) is 16.4. The molecule has 0 aliphatic rings. The second-order valence-corrected chi connectivity index (χ2v) is 4.79. The molecule has 0 atom stereocenters. The molecule has 0 N–H and O–H groups in total. The molecule has 0 radical (unpaired) electrons. The number of aryl methyl sites for hydroxylation is 1. The smallest absolute Gasteiger partial charge is 0.193 e. The van der Waals surface area contributed by atoms with Crippen molar-refractivity contribution in [3.8, 4) is 0 Å². The summed E-state index contributed by atoms with van der Waals surface area (Å²) in [6, 6.07) is 11.4. The van der Waals surface area contributed by atoms with Gasteiger partial charge >= 0.3 is 0 Å². The number of carbonyl (C=O) groups excluding carboxylic acids is 1. The summed E-state index contributed by atoms with van der Waals surface area (Å²) in [6.07, 6.45) is 1.67. The summed E-state index contributed by atoms with van der Waals surface area (Å²) in [5.41, 5.74) is 3.53. The number of hydrogen-bond donors (Lipinski definition) is 0. The molecule has 2 rings (SSSR count). The molecule has 0 aliphatic heterocycles. The van der Waals surface area contributed by atoms with Gasteiger partial charge in [-0.25, -0.2) is 0 Å². The quantitative estimate of drug-likeness (QED) is 0.764. The average Bonchev–Trinajstić information content (AvgIpc) is 2.38. The third-order valence-corrected chi connectivity index (χ3v) is 3.00. The van der Waals surface area contributed by atoms with E-state index in [9.17, 15) is 4.79 Å². The number of ketones is 1. The van der Waals surface area contributed by atoms with Crippen LogP contribution in [-0.2, 0) is 0 Å². The Hall–Kier alpha value is -1.96. The lowest BCUT2D eigenvalue weighted by Gasteiger charge is -2.06. The maximum Gasteiger partial charge on any atom is 0.193 e. The minimum atomic E-state index is 0.0517. The van der Waals surface area contributed by atoms with Crippen molar-refractivity contribution >= 4 is 5.78 Å². The van der Waals surface area contributed by atoms with Gasteiger partial charge in [0.25, 0.3) is 0 Å². The molecule has 2 aromatic rings. The Labute approximate surface area is 108 Å². The number of pyridine rings is 1. The van der Waals surface area contributed by atoms with Crippen LogP contribution < -0.4 is 0 Å². The van der Waals surface area contributed by atoms with Gasteiger partial charge in [0.2, 0.25) is 0 Å². The molecular formula is C16H17NO. The minimum absolute atomic E-state index is 0.0517. The average molecular weight is 239 g/mol. The Kier molecular flexibility index (Phi) is 3.56. The number of carbonyl (C=O) groups is 1. The number of nitrogens with zero attached hydrogens (tertiary/aromatic N) is 1. The van der Waals surface area contributed by atoms with Crippen LogP contribution in [0.1, 0.15) is 46.9 Å². The Morgan fingerprint density at radius 2 is 1.72 bits per heavy atom. The van der Waals surface area contributed by atoms with Gasteiger partial charge < -0.3 is 0 Å². The predicted molar refractivity (Wildman–Crippen MR) is 72.9 cm³/mol. The van der Waals surface area contributed by atoms with Gasteiger partial charge in [0, 0.05) is 23.0 Å². The third kappa shape index (κ3) is 2.65. The second-order valence-electron chi connectivity index (χ2n) is 4.79. The molecule has 0 saturated heterocycles. The first-order valence-corrected chi connectivity index (χ1v) is 6.15. The summed E-state index contributed by atoms with van der Waals surface area (Å²) in [6.45, 7) is 6.17. The van der Waals surface area contributed by atoms with Gasteiger partial charge in [0.05, 0.1) is 0 Å². The topological polar surface area (TPSA) is 30.0 Å². The van der Waals surface area contributed by atoms with Gasteiger partial charge in [-0.05, 0) is 30.5 Å². The minimum Gasteiger partial charge on any atom is -0.289 e. The van der Waals surface area contributed by atoms with Gasteiger partial charge in [-0.3, -0.25) is 9.78 Å². The first-order valence-electron chi connectivity index (χ1n) is 6.15. The largest absolute Gasteiger partial charge is 0.289 e. The molecule has 0 amide bonds. The molecule has 0 aliphatic carbocycles. The predicted octanol–water partition coefficient (Wildman–Crippen LogP) is 3.74. The van der Waals surface area contributed by atoms with E-state index in [0.717, 1.165) is 11.3 Å². The van der Waals surface area contributed by atoms with E-state index < -0.39 is 0 Å². The lowest BCUT2D eigenvalue weighted by Crippen LogP contribution is -2.02. The molecular weight excluding hydrogens is 222 g/mol. The van der Waals surface area contributed by atoms with Crippen molar-refractivity contribution in [2.45, 2.75) is 26.7 Å². The molecule has 1 aromatic carbocycles. The highest BCUT2D eigenvalue weighted by Gasteiger charge is 2.09. The summed E-state index contributed by atoms with van der Waals surface area (Å²) in [7, 11) is 0. The van der Waals surface area contributed by atoms with Crippen LogP contribution in [0.4, 0.5) is 0 Å². The van der Waals surface area contributed by atoms with Gasteiger partial charge in [0.15, 0.2) is 5.78 Å². The Morgan fingerprint density at radius 3 is 2.28 bits per heavy atom. The van der Waals surface area contributed by atoms with Crippen molar-refractivity contribution < 1.29 is 4.79 Å². The molecule has 2 heteroatoms. The van der Waals surface area contributed by atoms with Crippen LogP contribution in [0.2, 0.25) is 0 Å². The lowest BCUT2D eigenvalue weighted by molar-refractivity contribution is 0.103. The SMILES string of the molecule is Cc1cc(C(=O)c2ccc(C(C)C)cc2)ccn1. The van der Waals surface area contributed by atoms with Crippen molar-refractivity contribution in [2.24, 2.45) is 0 Å². The van der Waals surface area contributed by atoms with Crippen molar-refractivity contribution in [1.82, 2.24) is 4.98 Å². The van der Waals surface area contributed by atoms with Crippen molar-refractivity contribution in [3.63, 3.8) is 0 Å². The van der Waals surface area contributed by atoms with Crippen LogP contribution in [0.3, 0.4) is 0 Å². The highest BCUT2D eigenvalue weighted by Crippen LogP contribution is 2.16. The Bertz CT molecular complexity index is 556. The highest BCUT2D eigenvalue weighted by molar-refractivity contribution is 6.08. The van der Waals surface area contributed by atoms with E-state index in [4.69, 9.17) is 0 Å². The molecule has 0 saturated carbocycles. The van der Waals surface area contributed by atoms with Crippen LogP contribution in [0.5, 0.6) is 0 Å². The molecule has 0 spiro atoms. The maximum atomic E-state index is 12.3. The molecule has 0 fully saturated rings. The van der Waals surface area contributed by atoms with Crippen LogP contribution in [0, 0.1) is 6.92 Å². The first-order chi connectivity index (χ1) is 8.58. The van der Waals surface area contributed by atoms with E-state index in [2.05, 4.69) is 18.8 Å². The highest BCUT2D eigenvalue weighted by atomic mass is 16.1. The fourth-order valence-corrected chi connectivity index (χ4v) is 1.87. The summed E-state index contributed by atoms with van der Waals surface area (Å²) in [5.74, 6) is 0.535. The number of benzene rings is 1. The molecule has 0 bridgehead atoms. The molecule has 1 aromatic heterocycles. The van der Waals surface area contributed by atoms with Crippen LogP contribution in [0.25, 0.3) is 0 Å². The molecule has 2 nitrogen and oxygen atoms in total. The molecule has 92 valence electrons. The molecule has 0 unspecified atom stereocenters. The van der Waals surface area contributed by atoms with Crippen LogP contribution in [0.15, 0.2) is 42.6 Å². The fourth-order valence-electron chi connectivity index (χ4n) is 1.87. The first kappa shape index (κ1) is 12.5. The summed E-state index contributed by atoms with van der Waals surface area (Å²) < 4.78 is 0. The lowest BCUT2D eigenvalue weighted by atomic mass is 9.98. The zero-order valence-corrected chi connectivity index (χ0v) is 11.0. The van der Waals surface area contributed by atoms with Gasteiger partial charge in [-0.1, -0.05) is 38.1 Å². The van der Waals surface area contributed by atoms with Crippen LogP contribution >= 0.6 is 0 Å². The zero-order valence-electron chi connectivity index (χ0n) is 11.0. The van der Waals surface area contributed by atoms with Crippen molar-refractivity contribution in [3.05, 3.63) is 65.0 Å². The molecule has 1 heterocycles. The third-order valence-electron chi connectivity index (χ3n) is 3.00. The van der Waals surface area contributed by atoms with E-state index in [1.165, 1.54) is 5.56 Å². The van der Waals surface area contributed by atoms with Gasteiger partial charge in [-0.2, -0.15) is 0 Å². The normalized spacial score (nSPS) is 10.7. The number of rotatable bonds is 3. The molecule has 18 heavy (non-hydrogen) atoms. The zero-order chi connectivity index (χ0) is 13.1. The number of hydrogen-bond acceptors (Lipinski definition) is 2. The van der Waals surface area contributed by atoms with E-state index in [0.29, 0.717) is 11.5 Å². The van der Waals surface area contributed by atoms with Crippen molar-refractivity contribution in [1.29, 1.82) is 0 Å². The van der Waals surface area contributed by atoms with Crippen LogP contribution in [-0.4, -0.2) is 10.8 Å². The van der Waals surface area contributed by atoms with Gasteiger partial charge in [0.1, 0.15) is 0 Å². The monoisotopic (exact) mass is 239 g/mol. The van der Waals surface area contributed by atoms with E-state index in [1.54, 1.807) is 12.3 Å². The maximum absolute atomic E-state index is 12.3. The van der Waals surface area contributed by atoms with E-state index >= 15 is 0 Å². The van der Waals surface area contributed by atoms with Gasteiger partial charge in [-0.15, -0.1) is 0 Å². The summed E-state index contributed by atoms with van der Waals surface area (Å²) >= 11 is 0. The Morgan fingerprint density at radius 1 is 1.06 bits per heavy atom. The van der Waals surface area contributed by atoms with E-state index in [-0.39, 0.29) is 5.78 Å². The standard InChI is InChI=1S/C16H17NO/c1-11(2)13-4-6-14(7-5-13)16(18)15-8-9-17-12(3)10-15/h4-11H,1-3H3. The van der Waals surface area contributed by atoms with Crippen molar-refractivity contribution in [2.75, 3.05) is 0 Å². The van der Waals surface area contributed by atoms with E-state index in [1.807, 2.05) is 37.3 Å². The second kappa shape index (κ2) is 5.13. The Balaban J connectivity index is 2.29.